The molecular formula is C12H16N6O3. The Morgan fingerprint density at radius 3 is 2.71 bits per heavy atom. The summed E-state index contributed by atoms with van der Waals surface area (Å²) in [5.41, 5.74) is 5.43. The lowest BCUT2D eigenvalue weighted by molar-refractivity contribution is -0.118. The number of nitrogens with one attached hydrogen (secondary N) is 1. The molecule has 0 atom stereocenters. The SMILES string of the molecule is Cn1cc(CNc2cnn(CC(N)=O)c2)c(=O)n(C)c1=O. The van der Waals surface area contributed by atoms with Crippen molar-refractivity contribution in [3.8, 4) is 0 Å². The average Bonchev–Trinajstić information content (AvgIpc) is 2.85. The Balaban J connectivity index is 2.14. The molecular weight excluding hydrogens is 276 g/mol. The van der Waals surface area contributed by atoms with Crippen molar-refractivity contribution in [3.63, 3.8) is 0 Å². The van der Waals surface area contributed by atoms with E-state index in [1.54, 1.807) is 13.2 Å². The smallest absolute Gasteiger partial charge is 0.330 e. The predicted octanol–water partition coefficient (Wildman–Crippen LogP) is -1.62. The van der Waals surface area contributed by atoms with Gasteiger partial charge in [-0.1, -0.05) is 0 Å². The predicted molar refractivity (Wildman–Crippen MR) is 75.7 cm³/mol. The molecule has 21 heavy (non-hydrogen) atoms. The van der Waals surface area contributed by atoms with Crippen molar-refractivity contribution in [2.24, 2.45) is 19.8 Å². The van der Waals surface area contributed by atoms with E-state index in [-0.39, 0.29) is 24.3 Å². The van der Waals surface area contributed by atoms with E-state index in [1.165, 1.54) is 28.7 Å². The van der Waals surface area contributed by atoms with Gasteiger partial charge < -0.3 is 15.6 Å². The second kappa shape index (κ2) is 5.65. The summed E-state index contributed by atoms with van der Waals surface area (Å²) in [6.07, 6.45) is 4.62. The van der Waals surface area contributed by atoms with Crippen LogP contribution >= 0.6 is 0 Å². The average molecular weight is 292 g/mol. The van der Waals surface area contributed by atoms with Gasteiger partial charge in [-0.25, -0.2) is 4.79 Å². The van der Waals surface area contributed by atoms with Crippen LogP contribution in [0, 0.1) is 0 Å². The zero-order chi connectivity index (χ0) is 15.6. The zero-order valence-electron chi connectivity index (χ0n) is 11.7. The lowest BCUT2D eigenvalue weighted by Crippen LogP contribution is -2.38. The number of carbonyl (C=O) groups excluding carboxylic acids is 1. The highest BCUT2D eigenvalue weighted by Crippen LogP contribution is 2.05. The van der Waals surface area contributed by atoms with E-state index in [9.17, 15) is 14.4 Å². The number of rotatable bonds is 5. The topological polar surface area (TPSA) is 117 Å². The van der Waals surface area contributed by atoms with E-state index in [4.69, 9.17) is 5.73 Å². The summed E-state index contributed by atoms with van der Waals surface area (Å²) in [6, 6.07) is 0. The van der Waals surface area contributed by atoms with Crippen molar-refractivity contribution in [1.29, 1.82) is 0 Å². The summed E-state index contributed by atoms with van der Waals surface area (Å²) in [6.45, 7) is 0.229. The first kappa shape index (κ1) is 14.6. The molecule has 2 aromatic heterocycles. The molecule has 3 N–H and O–H groups in total. The Morgan fingerprint density at radius 2 is 2.05 bits per heavy atom. The fraction of sp³-hybridized carbons (Fsp3) is 0.333. The number of primary amides is 1. The summed E-state index contributed by atoms with van der Waals surface area (Å²) < 4.78 is 3.78. The van der Waals surface area contributed by atoms with Crippen molar-refractivity contribution in [1.82, 2.24) is 18.9 Å². The van der Waals surface area contributed by atoms with Crippen LogP contribution in [0.25, 0.3) is 0 Å². The minimum absolute atomic E-state index is 0.0106. The lowest BCUT2D eigenvalue weighted by atomic mass is 10.3. The molecule has 2 aromatic rings. The maximum atomic E-state index is 11.9. The van der Waals surface area contributed by atoms with Crippen molar-refractivity contribution in [3.05, 3.63) is 45.0 Å². The Labute approximate surface area is 119 Å². The molecule has 0 saturated heterocycles. The number of hydrogen-bond acceptors (Lipinski definition) is 5. The normalized spacial score (nSPS) is 10.6. The monoisotopic (exact) mass is 292 g/mol. The number of amides is 1. The molecule has 0 saturated carbocycles. The molecule has 0 bridgehead atoms. The highest BCUT2D eigenvalue weighted by Gasteiger charge is 2.07. The third kappa shape index (κ3) is 3.19. The number of nitrogens with two attached hydrogens (primary N) is 1. The van der Waals surface area contributed by atoms with E-state index >= 15 is 0 Å². The molecule has 9 nitrogen and oxygen atoms in total. The summed E-state index contributed by atoms with van der Waals surface area (Å²) in [7, 11) is 3.01. The van der Waals surface area contributed by atoms with Crippen molar-refractivity contribution >= 4 is 11.6 Å². The molecule has 0 radical (unpaired) electrons. The van der Waals surface area contributed by atoms with Crippen LogP contribution in [0.5, 0.6) is 0 Å². The number of hydrogen-bond donors (Lipinski definition) is 2. The molecule has 0 fully saturated rings. The van der Waals surface area contributed by atoms with Gasteiger partial charge in [-0.15, -0.1) is 0 Å². The summed E-state index contributed by atoms with van der Waals surface area (Å²) in [5, 5.41) is 6.96. The highest BCUT2D eigenvalue weighted by atomic mass is 16.2. The van der Waals surface area contributed by atoms with Gasteiger partial charge in [0, 0.05) is 33.0 Å². The highest BCUT2D eigenvalue weighted by molar-refractivity contribution is 5.73. The second-order valence-electron chi connectivity index (χ2n) is 4.66. The van der Waals surface area contributed by atoms with Gasteiger partial charge in [-0.2, -0.15) is 5.10 Å². The number of nitrogens with zero attached hydrogens (tertiary/aromatic N) is 4. The standard InChI is InChI=1S/C12H16N6O3/c1-16-5-8(11(20)17(2)12(16)21)3-14-9-4-15-18(6-9)7-10(13)19/h4-6,14H,3,7H2,1-2H3,(H2,13,19). The van der Waals surface area contributed by atoms with Crippen LogP contribution in [0.2, 0.25) is 0 Å². The molecule has 112 valence electrons. The number of anilines is 1. The Hall–Kier alpha value is -2.84. The Morgan fingerprint density at radius 1 is 1.33 bits per heavy atom. The van der Waals surface area contributed by atoms with Gasteiger partial charge in [-0.05, 0) is 0 Å². The molecule has 2 heterocycles. The fourth-order valence-electron chi connectivity index (χ4n) is 1.90. The molecule has 0 aliphatic carbocycles. The molecule has 0 spiro atoms. The number of aryl methyl sites for hydroxylation is 1. The maximum Gasteiger partial charge on any atom is 0.330 e. The van der Waals surface area contributed by atoms with Crippen molar-refractivity contribution in [2.75, 3.05) is 5.32 Å². The Bertz CT molecular complexity index is 785. The van der Waals surface area contributed by atoms with Gasteiger partial charge in [0.15, 0.2) is 0 Å². The van der Waals surface area contributed by atoms with Crippen LogP contribution in [-0.4, -0.2) is 24.8 Å². The van der Waals surface area contributed by atoms with Crippen LogP contribution in [0.1, 0.15) is 5.56 Å². The number of aromatic nitrogens is 4. The quantitative estimate of drug-likeness (QED) is 0.686. The minimum atomic E-state index is -0.489. The molecule has 2 rings (SSSR count). The molecule has 1 amide bonds. The van der Waals surface area contributed by atoms with Crippen LogP contribution in [0.15, 0.2) is 28.2 Å². The Kier molecular flexibility index (Phi) is 3.92. The maximum absolute atomic E-state index is 11.9. The molecule has 0 aliphatic heterocycles. The van der Waals surface area contributed by atoms with Crippen LogP contribution in [0.3, 0.4) is 0 Å². The fourth-order valence-corrected chi connectivity index (χ4v) is 1.90. The van der Waals surface area contributed by atoms with Crippen molar-refractivity contribution in [2.45, 2.75) is 13.1 Å². The van der Waals surface area contributed by atoms with E-state index in [2.05, 4.69) is 10.4 Å². The first-order chi connectivity index (χ1) is 9.88. The second-order valence-corrected chi connectivity index (χ2v) is 4.66. The van der Waals surface area contributed by atoms with E-state index in [0.29, 0.717) is 11.3 Å². The van der Waals surface area contributed by atoms with Gasteiger partial charge in [0.1, 0.15) is 6.54 Å². The van der Waals surface area contributed by atoms with E-state index in [1.807, 2.05) is 0 Å². The van der Waals surface area contributed by atoms with Gasteiger partial charge in [0.2, 0.25) is 5.91 Å². The van der Waals surface area contributed by atoms with Crippen LogP contribution in [-0.2, 0) is 32.0 Å². The number of carbonyl (C=O) groups is 1. The molecule has 9 heteroatoms. The third-order valence-electron chi connectivity index (χ3n) is 2.95. The summed E-state index contributed by atoms with van der Waals surface area (Å²) >= 11 is 0. The van der Waals surface area contributed by atoms with Gasteiger partial charge >= 0.3 is 5.69 Å². The summed E-state index contributed by atoms with van der Waals surface area (Å²) in [4.78, 5) is 34.3. The molecule has 0 unspecified atom stereocenters. The van der Waals surface area contributed by atoms with E-state index < -0.39 is 5.91 Å². The third-order valence-corrected chi connectivity index (χ3v) is 2.95. The largest absolute Gasteiger partial charge is 0.378 e. The summed E-state index contributed by atoms with van der Waals surface area (Å²) in [5.74, 6) is -0.489. The zero-order valence-corrected chi connectivity index (χ0v) is 11.7. The van der Waals surface area contributed by atoms with Gasteiger partial charge in [0.05, 0.1) is 17.4 Å². The first-order valence-corrected chi connectivity index (χ1v) is 6.18. The first-order valence-electron chi connectivity index (χ1n) is 6.18. The van der Waals surface area contributed by atoms with Crippen LogP contribution < -0.4 is 22.3 Å². The lowest BCUT2D eigenvalue weighted by Gasteiger charge is -2.07. The van der Waals surface area contributed by atoms with Gasteiger partial charge in [-0.3, -0.25) is 18.8 Å². The van der Waals surface area contributed by atoms with E-state index in [0.717, 1.165) is 4.57 Å². The van der Waals surface area contributed by atoms with Crippen LogP contribution in [0.4, 0.5) is 5.69 Å². The molecule has 0 aromatic carbocycles. The minimum Gasteiger partial charge on any atom is -0.378 e. The van der Waals surface area contributed by atoms with Crippen molar-refractivity contribution < 1.29 is 4.79 Å². The molecule has 0 aliphatic rings. The van der Waals surface area contributed by atoms with Gasteiger partial charge in [0.25, 0.3) is 5.56 Å².